The van der Waals surface area contributed by atoms with Crippen LogP contribution in [0, 0.1) is 0 Å². The van der Waals surface area contributed by atoms with E-state index in [1.54, 1.807) is 31.3 Å². The topological polar surface area (TPSA) is 84.8 Å². The molecule has 0 aliphatic rings. The summed E-state index contributed by atoms with van der Waals surface area (Å²) in [5.74, 6) is -0.00823. The van der Waals surface area contributed by atoms with E-state index in [4.69, 9.17) is 0 Å². The molecule has 0 atom stereocenters. The van der Waals surface area contributed by atoms with Crippen molar-refractivity contribution in [1.29, 1.82) is 0 Å². The third-order valence-electron chi connectivity index (χ3n) is 2.42. The fraction of sp³-hybridized carbons (Fsp3) is 0.167. The molecular weight excluding hydrogens is 266 g/mol. The van der Waals surface area contributed by atoms with Gasteiger partial charge in [0.15, 0.2) is 10.9 Å². The van der Waals surface area contributed by atoms with Crippen LogP contribution in [0.4, 0.5) is 0 Å². The van der Waals surface area contributed by atoms with Crippen molar-refractivity contribution >= 4 is 17.5 Å². The molecule has 7 heteroatoms. The van der Waals surface area contributed by atoms with Crippen LogP contribution in [0.15, 0.2) is 43.9 Å². The van der Waals surface area contributed by atoms with E-state index in [2.05, 4.69) is 10.1 Å². The molecule has 2 rings (SSSR count). The Hall–Kier alpha value is -2.15. The molecule has 0 bridgehead atoms. The zero-order valence-electron chi connectivity index (χ0n) is 10.3. The second-order valence-electron chi connectivity index (χ2n) is 3.88. The van der Waals surface area contributed by atoms with Gasteiger partial charge in [-0.05, 0) is 19.1 Å². The molecule has 1 heterocycles. The van der Waals surface area contributed by atoms with E-state index >= 15 is 0 Å². The van der Waals surface area contributed by atoms with Crippen molar-refractivity contribution in [2.45, 2.75) is 17.0 Å². The predicted octanol–water partition coefficient (Wildman–Crippen LogP) is 0.822. The fourth-order valence-corrected chi connectivity index (χ4v) is 2.21. The summed E-state index contributed by atoms with van der Waals surface area (Å²) in [6, 6.07) is 6.93. The number of hydrogen-bond acceptors (Lipinski definition) is 5. The molecule has 0 radical (unpaired) electrons. The molecule has 98 valence electrons. The van der Waals surface area contributed by atoms with Crippen LogP contribution in [0.1, 0.15) is 17.3 Å². The van der Waals surface area contributed by atoms with Crippen LogP contribution in [-0.4, -0.2) is 20.5 Å². The molecule has 6 nitrogen and oxygen atoms in total. The van der Waals surface area contributed by atoms with Gasteiger partial charge in [-0.15, -0.1) is 0 Å². The number of aryl methyl sites for hydroxylation is 1. The molecule has 2 aromatic rings. The van der Waals surface area contributed by atoms with Crippen molar-refractivity contribution in [2.75, 3.05) is 0 Å². The van der Waals surface area contributed by atoms with E-state index in [9.17, 15) is 14.4 Å². The van der Waals surface area contributed by atoms with E-state index in [1.165, 1.54) is 23.4 Å². The molecule has 0 spiro atoms. The van der Waals surface area contributed by atoms with E-state index in [0.29, 0.717) is 10.7 Å². The number of nitrogens with zero attached hydrogens (tertiary/aromatic N) is 2. The van der Waals surface area contributed by atoms with Crippen molar-refractivity contribution in [2.24, 2.45) is 7.05 Å². The average Bonchev–Trinajstić information content (AvgIpc) is 2.36. The molecule has 0 saturated heterocycles. The van der Waals surface area contributed by atoms with Gasteiger partial charge in [0.2, 0.25) is 0 Å². The number of aromatic amines is 1. The molecule has 0 fully saturated rings. The summed E-state index contributed by atoms with van der Waals surface area (Å²) >= 11 is 1.23. The summed E-state index contributed by atoms with van der Waals surface area (Å²) in [5.41, 5.74) is -0.951. The highest BCUT2D eigenvalue weighted by molar-refractivity contribution is 7.99. The molecule has 0 saturated carbocycles. The Bertz CT molecular complexity index is 731. The first kappa shape index (κ1) is 13.3. The number of carbonyl (C=O) groups is 1. The summed E-state index contributed by atoms with van der Waals surface area (Å²) in [6.07, 6.45) is 0. The lowest BCUT2D eigenvalue weighted by atomic mass is 10.2. The van der Waals surface area contributed by atoms with Crippen molar-refractivity contribution < 1.29 is 4.79 Å². The first-order valence-corrected chi connectivity index (χ1v) is 6.25. The minimum Gasteiger partial charge on any atom is -0.295 e. The summed E-state index contributed by atoms with van der Waals surface area (Å²) in [4.78, 5) is 37.9. The van der Waals surface area contributed by atoms with E-state index in [1.807, 2.05) is 0 Å². The Balaban J connectivity index is 2.31. The van der Waals surface area contributed by atoms with Crippen LogP contribution >= 0.6 is 11.8 Å². The quantitative estimate of drug-likeness (QED) is 0.663. The third-order valence-corrected chi connectivity index (χ3v) is 3.47. The summed E-state index contributed by atoms with van der Waals surface area (Å²) in [6.45, 7) is 1.50. The van der Waals surface area contributed by atoms with Crippen LogP contribution in [0.5, 0.6) is 0 Å². The third kappa shape index (κ3) is 3.00. The van der Waals surface area contributed by atoms with Crippen molar-refractivity contribution in [3.05, 3.63) is 50.5 Å². The van der Waals surface area contributed by atoms with Crippen molar-refractivity contribution in [3.63, 3.8) is 0 Å². The molecule has 1 aromatic carbocycles. The standard InChI is InChI=1S/C12H11N3O3S/c1-7(16)8-3-5-9(6-4-8)19-12-13-10(17)11(18)14-15(12)2/h3-6H,1-2H3,(H,14,18). The zero-order chi connectivity index (χ0) is 14.0. The minimum absolute atomic E-state index is 0.00823. The zero-order valence-corrected chi connectivity index (χ0v) is 11.2. The Labute approximate surface area is 112 Å². The molecule has 0 amide bonds. The lowest BCUT2D eigenvalue weighted by Crippen LogP contribution is -2.33. The predicted molar refractivity (Wildman–Crippen MR) is 70.7 cm³/mol. The lowest BCUT2D eigenvalue weighted by Gasteiger charge is -2.05. The smallest absolute Gasteiger partial charge is 0.295 e. The molecule has 1 N–H and O–H groups in total. The second-order valence-corrected chi connectivity index (χ2v) is 4.92. The van der Waals surface area contributed by atoms with Crippen LogP contribution in [0.25, 0.3) is 0 Å². The van der Waals surface area contributed by atoms with E-state index < -0.39 is 11.1 Å². The van der Waals surface area contributed by atoms with Crippen LogP contribution < -0.4 is 11.1 Å². The number of rotatable bonds is 3. The lowest BCUT2D eigenvalue weighted by molar-refractivity contribution is 0.101. The van der Waals surface area contributed by atoms with Gasteiger partial charge in [-0.2, -0.15) is 4.98 Å². The van der Waals surface area contributed by atoms with E-state index in [0.717, 1.165) is 4.90 Å². The first-order valence-electron chi connectivity index (χ1n) is 5.43. The largest absolute Gasteiger partial charge is 0.339 e. The Morgan fingerprint density at radius 3 is 2.47 bits per heavy atom. The number of H-pyrrole nitrogens is 1. The molecule has 0 aliphatic heterocycles. The maximum atomic E-state index is 11.2. The van der Waals surface area contributed by atoms with Gasteiger partial charge in [-0.3, -0.25) is 24.2 Å². The Morgan fingerprint density at radius 1 is 1.26 bits per heavy atom. The van der Waals surface area contributed by atoms with Crippen molar-refractivity contribution in [1.82, 2.24) is 14.8 Å². The number of benzene rings is 1. The number of aromatic nitrogens is 3. The SMILES string of the molecule is CC(=O)c1ccc(Sc2nc(=O)c(=O)[nH]n2C)cc1. The second kappa shape index (κ2) is 5.23. The van der Waals surface area contributed by atoms with Gasteiger partial charge in [0.25, 0.3) is 0 Å². The first-order chi connectivity index (χ1) is 8.97. The number of ketones is 1. The molecule has 19 heavy (non-hydrogen) atoms. The van der Waals surface area contributed by atoms with Gasteiger partial charge in [0.05, 0.1) is 0 Å². The monoisotopic (exact) mass is 277 g/mol. The number of Topliss-reactive ketones (excluding diaryl/α,β-unsaturated/α-hetero) is 1. The summed E-state index contributed by atoms with van der Waals surface area (Å²) < 4.78 is 1.38. The highest BCUT2D eigenvalue weighted by atomic mass is 32.2. The highest BCUT2D eigenvalue weighted by Gasteiger charge is 2.06. The Kier molecular flexibility index (Phi) is 3.66. The van der Waals surface area contributed by atoms with Crippen LogP contribution in [0.2, 0.25) is 0 Å². The van der Waals surface area contributed by atoms with Gasteiger partial charge in [0, 0.05) is 17.5 Å². The fourth-order valence-electron chi connectivity index (χ4n) is 1.41. The summed E-state index contributed by atoms with van der Waals surface area (Å²) in [7, 11) is 1.60. The number of hydrogen-bond donors (Lipinski definition) is 1. The average molecular weight is 277 g/mol. The minimum atomic E-state index is -0.819. The summed E-state index contributed by atoms with van der Waals surface area (Å²) in [5, 5.41) is 2.74. The number of carbonyl (C=O) groups excluding carboxylic acids is 1. The van der Waals surface area contributed by atoms with Crippen LogP contribution in [0.3, 0.4) is 0 Å². The molecule has 0 unspecified atom stereocenters. The molecule has 1 aromatic heterocycles. The van der Waals surface area contributed by atoms with Gasteiger partial charge < -0.3 is 0 Å². The highest BCUT2D eigenvalue weighted by Crippen LogP contribution is 2.24. The normalized spacial score (nSPS) is 10.4. The van der Waals surface area contributed by atoms with Crippen molar-refractivity contribution in [3.8, 4) is 0 Å². The van der Waals surface area contributed by atoms with Gasteiger partial charge in [0.1, 0.15) is 0 Å². The molecular formula is C12H11N3O3S. The van der Waals surface area contributed by atoms with Gasteiger partial charge in [-0.1, -0.05) is 23.9 Å². The Morgan fingerprint density at radius 2 is 1.89 bits per heavy atom. The maximum Gasteiger partial charge on any atom is 0.339 e. The molecule has 0 aliphatic carbocycles. The van der Waals surface area contributed by atoms with Gasteiger partial charge >= 0.3 is 11.1 Å². The number of nitrogens with one attached hydrogen (secondary N) is 1. The maximum absolute atomic E-state index is 11.2. The van der Waals surface area contributed by atoms with Crippen LogP contribution in [-0.2, 0) is 7.05 Å². The van der Waals surface area contributed by atoms with E-state index in [-0.39, 0.29) is 5.78 Å². The van der Waals surface area contributed by atoms with Gasteiger partial charge in [-0.25, -0.2) is 0 Å².